The van der Waals surface area contributed by atoms with Gasteiger partial charge in [0.1, 0.15) is 23.7 Å². The summed E-state index contributed by atoms with van der Waals surface area (Å²) in [6, 6.07) is 15.9. The Balaban J connectivity index is 1.65. The van der Waals surface area contributed by atoms with E-state index >= 15 is 0 Å². The van der Waals surface area contributed by atoms with Crippen molar-refractivity contribution >= 4 is 17.4 Å². The van der Waals surface area contributed by atoms with Crippen molar-refractivity contribution in [1.82, 2.24) is 15.3 Å². The maximum Gasteiger partial charge on any atom is 0.270 e. The number of aromatic nitrogens is 2. The van der Waals surface area contributed by atoms with Gasteiger partial charge in [0.05, 0.1) is 0 Å². The van der Waals surface area contributed by atoms with Crippen molar-refractivity contribution in [2.75, 3.05) is 5.32 Å². The minimum Gasteiger partial charge on any atom is -0.347 e. The Hall–Kier alpha value is -3.28. The van der Waals surface area contributed by atoms with Crippen LogP contribution in [0.15, 0.2) is 60.9 Å². The van der Waals surface area contributed by atoms with Gasteiger partial charge in [-0.3, -0.25) is 4.79 Å². The summed E-state index contributed by atoms with van der Waals surface area (Å²) in [5, 5.41) is 5.83. The average molecular weight is 364 g/mol. The molecule has 0 saturated carbocycles. The summed E-state index contributed by atoms with van der Waals surface area (Å²) in [6.45, 7) is 4.37. The van der Waals surface area contributed by atoms with Crippen LogP contribution in [0.2, 0.25) is 0 Å². The van der Waals surface area contributed by atoms with Crippen molar-refractivity contribution in [1.29, 1.82) is 0 Å². The van der Waals surface area contributed by atoms with Crippen molar-refractivity contribution in [2.45, 2.75) is 26.3 Å². The van der Waals surface area contributed by atoms with Crippen LogP contribution in [0.25, 0.3) is 0 Å². The minimum atomic E-state index is -0.390. The monoisotopic (exact) mass is 364 g/mol. The molecule has 138 valence electrons. The summed E-state index contributed by atoms with van der Waals surface area (Å²) in [4.78, 5) is 20.4. The van der Waals surface area contributed by atoms with Crippen LogP contribution in [0.3, 0.4) is 0 Å². The summed E-state index contributed by atoms with van der Waals surface area (Å²) in [6.07, 6.45) is 1.32. The van der Waals surface area contributed by atoms with E-state index in [2.05, 4.69) is 46.6 Å². The molecule has 27 heavy (non-hydrogen) atoms. The van der Waals surface area contributed by atoms with Crippen LogP contribution in [-0.4, -0.2) is 15.9 Å². The molecule has 6 heteroatoms. The molecule has 0 saturated heterocycles. The molecule has 0 aliphatic carbocycles. The van der Waals surface area contributed by atoms with Gasteiger partial charge in [-0.15, -0.1) is 0 Å². The highest BCUT2D eigenvalue weighted by Gasteiger charge is 2.10. The van der Waals surface area contributed by atoms with Crippen LogP contribution in [0, 0.1) is 5.82 Å². The van der Waals surface area contributed by atoms with E-state index in [-0.39, 0.29) is 24.0 Å². The standard InChI is InChI=1S/C21H21FN4O/c1-14(2)15-7-9-17(10-8-15)26-20-11-19(24-13-25-20)21(27)23-12-16-5-3-4-6-18(16)22/h3-11,13-14H,12H2,1-2H3,(H,23,27)(H,24,25,26). The molecule has 1 heterocycles. The topological polar surface area (TPSA) is 66.9 Å². The summed E-state index contributed by atoms with van der Waals surface area (Å²) in [7, 11) is 0. The van der Waals surface area contributed by atoms with Gasteiger partial charge in [0.25, 0.3) is 5.91 Å². The van der Waals surface area contributed by atoms with Crippen LogP contribution in [0.5, 0.6) is 0 Å². The Labute approximate surface area is 157 Å². The van der Waals surface area contributed by atoms with Crippen molar-refractivity contribution < 1.29 is 9.18 Å². The first-order chi connectivity index (χ1) is 13.0. The van der Waals surface area contributed by atoms with E-state index in [0.717, 1.165) is 5.69 Å². The third kappa shape index (κ3) is 4.88. The third-order valence-corrected chi connectivity index (χ3v) is 4.15. The molecule has 0 radical (unpaired) electrons. The van der Waals surface area contributed by atoms with E-state index < -0.39 is 0 Å². The molecule has 0 unspecified atom stereocenters. The van der Waals surface area contributed by atoms with Gasteiger partial charge in [-0.1, -0.05) is 44.2 Å². The number of halogens is 1. The third-order valence-electron chi connectivity index (χ3n) is 4.15. The second-order valence-electron chi connectivity index (χ2n) is 6.46. The molecule has 1 aromatic heterocycles. The van der Waals surface area contributed by atoms with Gasteiger partial charge in [0, 0.05) is 23.9 Å². The number of hydrogen-bond donors (Lipinski definition) is 2. The number of nitrogens with zero attached hydrogens (tertiary/aromatic N) is 2. The molecule has 0 bridgehead atoms. The summed E-state index contributed by atoms with van der Waals surface area (Å²) in [5.74, 6) is 0.229. The van der Waals surface area contributed by atoms with Crippen LogP contribution in [0.1, 0.15) is 41.4 Å². The van der Waals surface area contributed by atoms with Crippen LogP contribution < -0.4 is 10.6 Å². The molecule has 2 aromatic carbocycles. The zero-order valence-electron chi connectivity index (χ0n) is 15.2. The number of rotatable bonds is 6. The molecule has 0 fully saturated rings. The molecule has 2 N–H and O–H groups in total. The predicted molar refractivity (Wildman–Crippen MR) is 103 cm³/mol. The molecule has 0 aliphatic rings. The van der Waals surface area contributed by atoms with E-state index in [1.54, 1.807) is 24.3 Å². The highest BCUT2D eigenvalue weighted by Crippen LogP contribution is 2.19. The van der Waals surface area contributed by atoms with Gasteiger partial charge in [-0.05, 0) is 29.7 Å². The van der Waals surface area contributed by atoms with E-state index in [9.17, 15) is 9.18 Å². The van der Waals surface area contributed by atoms with Crippen LogP contribution >= 0.6 is 0 Å². The number of anilines is 2. The molecule has 0 atom stereocenters. The molecular weight excluding hydrogens is 343 g/mol. The highest BCUT2D eigenvalue weighted by molar-refractivity contribution is 5.92. The van der Waals surface area contributed by atoms with E-state index in [0.29, 0.717) is 17.3 Å². The van der Waals surface area contributed by atoms with Crippen molar-refractivity contribution in [3.05, 3.63) is 83.6 Å². The quantitative estimate of drug-likeness (QED) is 0.680. The first-order valence-corrected chi connectivity index (χ1v) is 8.73. The molecule has 5 nitrogen and oxygen atoms in total. The second-order valence-corrected chi connectivity index (χ2v) is 6.46. The van der Waals surface area contributed by atoms with Crippen molar-refractivity contribution in [2.24, 2.45) is 0 Å². The SMILES string of the molecule is CC(C)c1ccc(Nc2cc(C(=O)NCc3ccccc3F)ncn2)cc1. The fraction of sp³-hybridized carbons (Fsp3) is 0.190. The normalized spacial score (nSPS) is 10.7. The van der Waals surface area contributed by atoms with Crippen LogP contribution in [-0.2, 0) is 6.54 Å². The maximum atomic E-state index is 13.6. The Morgan fingerprint density at radius 2 is 1.81 bits per heavy atom. The first-order valence-electron chi connectivity index (χ1n) is 8.73. The largest absolute Gasteiger partial charge is 0.347 e. The lowest BCUT2D eigenvalue weighted by Crippen LogP contribution is -2.24. The zero-order chi connectivity index (χ0) is 19.2. The van der Waals surface area contributed by atoms with Crippen LogP contribution in [0.4, 0.5) is 15.9 Å². The zero-order valence-corrected chi connectivity index (χ0v) is 15.2. The van der Waals surface area contributed by atoms with Crippen molar-refractivity contribution in [3.8, 4) is 0 Å². The Bertz CT molecular complexity index is 925. The van der Waals surface area contributed by atoms with Gasteiger partial charge >= 0.3 is 0 Å². The van der Waals surface area contributed by atoms with E-state index in [4.69, 9.17) is 0 Å². The number of benzene rings is 2. The lowest BCUT2D eigenvalue weighted by Gasteiger charge is -2.10. The Kier molecular flexibility index (Phi) is 5.76. The fourth-order valence-corrected chi connectivity index (χ4v) is 2.56. The van der Waals surface area contributed by atoms with Gasteiger partial charge < -0.3 is 10.6 Å². The van der Waals surface area contributed by atoms with Crippen molar-refractivity contribution in [3.63, 3.8) is 0 Å². The predicted octanol–water partition coefficient (Wildman–Crippen LogP) is 4.41. The Morgan fingerprint density at radius 3 is 2.52 bits per heavy atom. The number of amides is 1. The Morgan fingerprint density at radius 1 is 1.07 bits per heavy atom. The molecular formula is C21H21FN4O. The highest BCUT2D eigenvalue weighted by atomic mass is 19.1. The first kappa shape index (κ1) is 18.5. The molecule has 1 amide bonds. The molecule has 3 aromatic rings. The second kappa shape index (κ2) is 8.40. The van der Waals surface area contributed by atoms with Gasteiger partial charge in [-0.2, -0.15) is 0 Å². The number of hydrogen-bond acceptors (Lipinski definition) is 4. The van der Waals surface area contributed by atoms with Gasteiger partial charge in [0.15, 0.2) is 0 Å². The fourth-order valence-electron chi connectivity index (χ4n) is 2.56. The number of nitrogens with one attached hydrogen (secondary N) is 2. The number of carbonyl (C=O) groups is 1. The van der Waals surface area contributed by atoms with Gasteiger partial charge in [0.2, 0.25) is 0 Å². The average Bonchev–Trinajstić information content (AvgIpc) is 2.68. The number of carbonyl (C=O) groups excluding carboxylic acids is 1. The summed E-state index contributed by atoms with van der Waals surface area (Å²) >= 11 is 0. The maximum absolute atomic E-state index is 13.6. The lowest BCUT2D eigenvalue weighted by atomic mass is 10.0. The minimum absolute atomic E-state index is 0.0922. The van der Waals surface area contributed by atoms with Gasteiger partial charge in [-0.25, -0.2) is 14.4 Å². The smallest absolute Gasteiger partial charge is 0.270 e. The summed E-state index contributed by atoms with van der Waals surface area (Å²) in [5.41, 5.74) is 2.75. The summed E-state index contributed by atoms with van der Waals surface area (Å²) < 4.78 is 13.6. The molecule has 0 aliphatic heterocycles. The molecule has 0 spiro atoms. The molecule has 3 rings (SSSR count). The van der Waals surface area contributed by atoms with E-state index in [1.165, 1.54) is 18.0 Å². The lowest BCUT2D eigenvalue weighted by molar-refractivity contribution is 0.0945. The van der Waals surface area contributed by atoms with E-state index in [1.807, 2.05) is 12.1 Å².